The Balaban J connectivity index is 1.59. The fraction of sp³-hybridized carbons (Fsp3) is 0.440. The molecular formula is C25H28FN5O2. The Bertz CT molecular complexity index is 1260. The summed E-state index contributed by atoms with van der Waals surface area (Å²) in [6, 6.07) is 2.47. The highest BCUT2D eigenvalue weighted by atomic mass is 19.1. The van der Waals surface area contributed by atoms with Gasteiger partial charge in [0.25, 0.3) is 0 Å². The highest BCUT2D eigenvalue weighted by Gasteiger charge is 2.31. The van der Waals surface area contributed by atoms with Crippen molar-refractivity contribution in [3.05, 3.63) is 42.3 Å². The largest absolute Gasteiger partial charge is 0.467 e. The summed E-state index contributed by atoms with van der Waals surface area (Å²) < 4.78 is 27.1. The quantitative estimate of drug-likeness (QED) is 0.389. The average molecular weight is 450 g/mol. The second-order valence-corrected chi connectivity index (χ2v) is 9.30. The molecule has 7 nitrogen and oxygen atoms in total. The van der Waals surface area contributed by atoms with Crippen LogP contribution in [0.3, 0.4) is 0 Å². The van der Waals surface area contributed by atoms with Gasteiger partial charge in [-0.3, -0.25) is 4.98 Å². The van der Waals surface area contributed by atoms with Crippen LogP contribution in [-0.4, -0.2) is 37.5 Å². The van der Waals surface area contributed by atoms with E-state index in [1.54, 1.807) is 26.4 Å². The van der Waals surface area contributed by atoms with Gasteiger partial charge in [0.15, 0.2) is 0 Å². The molecule has 0 aliphatic heterocycles. The molecule has 1 aliphatic carbocycles. The van der Waals surface area contributed by atoms with Gasteiger partial charge in [0.05, 0.1) is 23.8 Å². The smallest absolute Gasteiger partial charge is 0.316 e. The standard InChI is InChI=1S/C25H28FN5O2/c1-15-22(16(2)33-30-15)18-9-21-23(27-10-18)20(19-11-28-24(32-4)29-12-19)14-31(21)13-17-5-7-25(3,26)8-6-17/h9-12,14,17H,5-8,13H2,1-4H3. The number of ether oxygens (including phenoxy) is 1. The number of aromatic nitrogens is 5. The molecule has 1 fully saturated rings. The van der Waals surface area contributed by atoms with Gasteiger partial charge >= 0.3 is 6.01 Å². The fourth-order valence-electron chi connectivity index (χ4n) is 4.86. The number of nitrogens with zero attached hydrogens (tertiary/aromatic N) is 5. The predicted molar refractivity (Wildman–Crippen MR) is 124 cm³/mol. The van der Waals surface area contributed by atoms with E-state index in [0.29, 0.717) is 24.8 Å². The number of fused-ring (bicyclic) bond motifs is 1. The number of alkyl halides is 1. The molecule has 1 saturated carbocycles. The number of halogens is 1. The van der Waals surface area contributed by atoms with Crippen LogP contribution < -0.4 is 4.74 Å². The molecule has 0 N–H and O–H groups in total. The Hall–Kier alpha value is -3.29. The van der Waals surface area contributed by atoms with Crippen LogP contribution in [0.5, 0.6) is 6.01 Å². The second kappa shape index (κ2) is 8.24. The molecular weight excluding hydrogens is 421 g/mol. The normalized spacial score (nSPS) is 20.9. The van der Waals surface area contributed by atoms with Crippen LogP contribution in [0.25, 0.3) is 33.3 Å². The van der Waals surface area contributed by atoms with E-state index in [9.17, 15) is 4.39 Å². The van der Waals surface area contributed by atoms with E-state index in [4.69, 9.17) is 14.2 Å². The fourth-order valence-corrected chi connectivity index (χ4v) is 4.86. The van der Waals surface area contributed by atoms with E-state index < -0.39 is 5.67 Å². The Labute approximate surface area is 192 Å². The molecule has 4 aromatic rings. The Morgan fingerprint density at radius 1 is 1.12 bits per heavy atom. The number of aryl methyl sites for hydroxylation is 2. The molecule has 33 heavy (non-hydrogen) atoms. The number of methoxy groups -OCH3 is 1. The van der Waals surface area contributed by atoms with Gasteiger partial charge in [-0.25, -0.2) is 14.4 Å². The van der Waals surface area contributed by atoms with Crippen molar-refractivity contribution in [3.8, 4) is 28.3 Å². The van der Waals surface area contributed by atoms with Gasteiger partial charge in [0, 0.05) is 53.6 Å². The van der Waals surface area contributed by atoms with Crippen LogP contribution >= 0.6 is 0 Å². The van der Waals surface area contributed by atoms with Crippen molar-refractivity contribution < 1.29 is 13.7 Å². The molecule has 1 aliphatic rings. The van der Waals surface area contributed by atoms with Gasteiger partial charge in [0.1, 0.15) is 11.4 Å². The molecule has 172 valence electrons. The number of hydrogen-bond donors (Lipinski definition) is 0. The first-order valence-corrected chi connectivity index (χ1v) is 11.3. The molecule has 4 aromatic heterocycles. The second-order valence-electron chi connectivity index (χ2n) is 9.30. The van der Waals surface area contributed by atoms with Gasteiger partial charge < -0.3 is 13.8 Å². The SMILES string of the molecule is COc1ncc(-c2cn(CC3CCC(C)(F)CC3)c3cc(-c4c(C)noc4C)cnc23)cn1. The summed E-state index contributed by atoms with van der Waals surface area (Å²) in [6.45, 7) is 6.38. The summed E-state index contributed by atoms with van der Waals surface area (Å²) in [5.74, 6) is 1.19. The number of pyridine rings is 1. The molecule has 0 radical (unpaired) electrons. The maximum absolute atomic E-state index is 14.4. The zero-order valence-corrected chi connectivity index (χ0v) is 19.4. The molecule has 0 saturated heterocycles. The molecule has 0 aromatic carbocycles. The summed E-state index contributed by atoms with van der Waals surface area (Å²) in [4.78, 5) is 13.4. The Kier molecular flexibility index (Phi) is 5.38. The third-order valence-electron chi connectivity index (χ3n) is 6.76. The first-order chi connectivity index (χ1) is 15.8. The third-order valence-corrected chi connectivity index (χ3v) is 6.76. The highest BCUT2D eigenvalue weighted by molar-refractivity contribution is 5.94. The summed E-state index contributed by atoms with van der Waals surface area (Å²) in [5, 5.41) is 4.10. The van der Waals surface area contributed by atoms with Crippen molar-refractivity contribution in [2.75, 3.05) is 7.11 Å². The summed E-state index contributed by atoms with van der Waals surface area (Å²) in [6.07, 6.45) is 10.5. The van der Waals surface area contributed by atoms with E-state index in [0.717, 1.165) is 64.1 Å². The maximum atomic E-state index is 14.4. The maximum Gasteiger partial charge on any atom is 0.316 e. The lowest BCUT2D eigenvalue weighted by molar-refractivity contribution is 0.0985. The lowest BCUT2D eigenvalue weighted by Crippen LogP contribution is -2.27. The van der Waals surface area contributed by atoms with E-state index in [-0.39, 0.29) is 0 Å². The summed E-state index contributed by atoms with van der Waals surface area (Å²) in [5.41, 5.74) is 5.47. The van der Waals surface area contributed by atoms with Gasteiger partial charge in [-0.05, 0) is 58.4 Å². The van der Waals surface area contributed by atoms with Crippen LogP contribution in [0.1, 0.15) is 44.1 Å². The number of rotatable bonds is 5. The van der Waals surface area contributed by atoms with Gasteiger partial charge in [-0.1, -0.05) is 5.16 Å². The minimum absolute atomic E-state index is 0.326. The van der Waals surface area contributed by atoms with E-state index in [1.807, 2.05) is 20.0 Å². The van der Waals surface area contributed by atoms with Crippen LogP contribution in [0, 0.1) is 19.8 Å². The van der Waals surface area contributed by atoms with Crippen molar-refractivity contribution in [1.82, 2.24) is 24.7 Å². The lowest BCUT2D eigenvalue weighted by Gasteiger charge is -2.31. The van der Waals surface area contributed by atoms with Crippen LogP contribution in [0.4, 0.5) is 4.39 Å². The van der Waals surface area contributed by atoms with Gasteiger partial charge in [-0.15, -0.1) is 0 Å². The minimum Gasteiger partial charge on any atom is -0.467 e. The van der Waals surface area contributed by atoms with Crippen molar-refractivity contribution in [1.29, 1.82) is 0 Å². The lowest BCUT2D eigenvalue weighted by atomic mass is 9.81. The minimum atomic E-state index is -1.04. The topological polar surface area (TPSA) is 78.9 Å². The zero-order valence-electron chi connectivity index (χ0n) is 19.4. The molecule has 0 bridgehead atoms. The van der Waals surface area contributed by atoms with Crippen LogP contribution in [0.15, 0.2) is 35.4 Å². The van der Waals surface area contributed by atoms with E-state index >= 15 is 0 Å². The monoisotopic (exact) mass is 449 g/mol. The average Bonchev–Trinajstić information content (AvgIpc) is 3.34. The van der Waals surface area contributed by atoms with E-state index in [1.165, 1.54) is 0 Å². The molecule has 8 heteroatoms. The highest BCUT2D eigenvalue weighted by Crippen LogP contribution is 2.38. The molecule has 0 amide bonds. The van der Waals surface area contributed by atoms with E-state index in [2.05, 4.69) is 32.0 Å². The predicted octanol–water partition coefficient (Wildman–Crippen LogP) is 5.69. The molecule has 5 rings (SSSR count). The molecule has 0 spiro atoms. The van der Waals surface area contributed by atoms with Gasteiger partial charge in [0.2, 0.25) is 0 Å². The van der Waals surface area contributed by atoms with Crippen molar-refractivity contribution in [3.63, 3.8) is 0 Å². The van der Waals surface area contributed by atoms with Gasteiger partial charge in [-0.2, -0.15) is 0 Å². The van der Waals surface area contributed by atoms with Crippen LogP contribution in [0.2, 0.25) is 0 Å². The summed E-state index contributed by atoms with van der Waals surface area (Å²) in [7, 11) is 1.55. The third kappa shape index (κ3) is 4.10. The Morgan fingerprint density at radius 3 is 2.45 bits per heavy atom. The summed E-state index contributed by atoms with van der Waals surface area (Å²) >= 11 is 0. The van der Waals surface area contributed by atoms with Crippen molar-refractivity contribution >= 4 is 11.0 Å². The molecule has 0 unspecified atom stereocenters. The Morgan fingerprint density at radius 2 is 1.82 bits per heavy atom. The number of hydrogen-bond acceptors (Lipinski definition) is 6. The van der Waals surface area contributed by atoms with Crippen molar-refractivity contribution in [2.24, 2.45) is 5.92 Å². The van der Waals surface area contributed by atoms with Crippen molar-refractivity contribution in [2.45, 2.75) is 58.7 Å². The molecule has 4 heterocycles. The zero-order chi connectivity index (χ0) is 23.2. The first-order valence-electron chi connectivity index (χ1n) is 11.3. The molecule has 0 atom stereocenters. The first kappa shape index (κ1) is 21.6. The van der Waals surface area contributed by atoms with Crippen LogP contribution in [-0.2, 0) is 6.54 Å².